The standard InChI is InChI=1S/C33H26N2O7/c1-2-41-29-20-23(15-18-28(29)42-21-22-13-16-24(17-14-22)32(38)39)19-27-30(36)34(25-9-5-3-6-10-25)33(40)35(31(27)37)26-11-7-4-8-12-26/h3-20H,2,21H2,1H3,(H,38,39). The number of anilines is 2. The SMILES string of the molecule is CCOc1cc(C=C2C(=O)N(c3ccccc3)C(=O)N(c3ccccc3)C2=O)ccc1OCc1ccc(C(=O)O)cc1. The van der Waals surface area contributed by atoms with Crippen molar-refractivity contribution in [3.8, 4) is 11.5 Å². The summed E-state index contributed by atoms with van der Waals surface area (Å²) in [6.07, 6.45) is 1.43. The van der Waals surface area contributed by atoms with Gasteiger partial charge in [-0.05, 0) is 72.7 Å². The van der Waals surface area contributed by atoms with Gasteiger partial charge in [-0.25, -0.2) is 19.4 Å². The van der Waals surface area contributed by atoms with Crippen molar-refractivity contribution >= 4 is 41.3 Å². The number of benzene rings is 4. The third kappa shape index (κ3) is 5.75. The maximum Gasteiger partial charge on any atom is 0.343 e. The third-order valence-corrected chi connectivity index (χ3v) is 6.45. The number of urea groups is 1. The quantitative estimate of drug-likeness (QED) is 0.198. The van der Waals surface area contributed by atoms with Gasteiger partial charge in [0.2, 0.25) is 0 Å². The number of barbiturate groups is 1. The summed E-state index contributed by atoms with van der Waals surface area (Å²) in [6.45, 7) is 2.31. The predicted octanol–water partition coefficient (Wildman–Crippen LogP) is 5.95. The van der Waals surface area contributed by atoms with E-state index < -0.39 is 23.8 Å². The van der Waals surface area contributed by atoms with Crippen LogP contribution in [-0.4, -0.2) is 35.5 Å². The fourth-order valence-electron chi connectivity index (χ4n) is 4.41. The van der Waals surface area contributed by atoms with E-state index in [-0.39, 0.29) is 17.7 Å². The normalized spacial score (nSPS) is 13.3. The summed E-state index contributed by atoms with van der Waals surface area (Å²) in [7, 11) is 0. The summed E-state index contributed by atoms with van der Waals surface area (Å²) in [5, 5.41) is 9.10. The van der Waals surface area contributed by atoms with Crippen LogP contribution < -0.4 is 19.3 Å². The number of ether oxygens (including phenoxy) is 2. The maximum atomic E-state index is 13.6. The third-order valence-electron chi connectivity index (χ3n) is 6.45. The molecule has 4 aromatic rings. The van der Waals surface area contributed by atoms with Gasteiger partial charge in [-0.3, -0.25) is 9.59 Å². The number of rotatable bonds is 9. The van der Waals surface area contributed by atoms with Crippen LogP contribution in [0.4, 0.5) is 16.2 Å². The Morgan fingerprint density at radius 3 is 1.83 bits per heavy atom. The van der Waals surface area contributed by atoms with Gasteiger partial charge in [0.25, 0.3) is 11.8 Å². The van der Waals surface area contributed by atoms with Gasteiger partial charge in [0.05, 0.1) is 23.5 Å². The highest BCUT2D eigenvalue weighted by Crippen LogP contribution is 2.33. The molecular weight excluding hydrogens is 536 g/mol. The molecule has 1 N–H and O–H groups in total. The van der Waals surface area contributed by atoms with Crippen molar-refractivity contribution in [2.24, 2.45) is 0 Å². The molecule has 1 heterocycles. The Balaban J connectivity index is 1.48. The van der Waals surface area contributed by atoms with Crippen LogP contribution in [0.5, 0.6) is 11.5 Å². The summed E-state index contributed by atoms with van der Waals surface area (Å²) in [5.74, 6) is -1.68. The molecule has 0 saturated carbocycles. The summed E-state index contributed by atoms with van der Waals surface area (Å²) >= 11 is 0. The molecule has 4 aromatic carbocycles. The Hall–Kier alpha value is -5.70. The van der Waals surface area contributed by atoms with Crippen molar-refractivity contribution < 1.29 is 33.8 Å². The van der Waals surface area contributed by atoms with Crippen molar-refractivity contribution in [1.82, 2.24) is 0 Å². The summed E-state index contributed by atoms with van der Waals surface area (Å²) < 4.78 is 11.7. The first kappa shape index (κ1) is 27.9. The van der Waals surface area contributed by atoms with Gasteiger partial charge in [-0.2, -0.15) is 0 Å². The zero-order chi connectivity index (χ0) is 29.6. The Morgan fingerprint density at radius 1 is 0.738 bits per heavy atom. The lowest BCUT2D eigenvalue weighted by atomic mass is 10.0. The van der Waals surface area contributed by atoms with E-state index in [4.69, 9.17) is 14.6 Å². The van der Waals surface area contributed by atoms with Crippen LogP contribution in [0.25, 0.3) is 6.08 Å². The molecule has 4 amide bonds. The molecule has 0 aromatic heterocycles. The van der Waals surface area contributed by atoms with Crippen LogP contribution in [-0.2, 0) is 16.2 Å². The minimum atomic E-state index is -1.01. The zero-order valence-corrected chi connectivity index (χ0v) is 22.6. The number of imide groups is 2. The second-order valence-electron chi connectivity index (χ2n) is 9.22. The molecule has 0 unspecified atom stereocenters. The highest BCUT2D eigenvalue weighted by molar-refractivity contribution is 6.46. The molecule has 1 saturated heterocycles. The zero-order valence-electron chi connectivity index (χ0n) is 22.6. The molecule has 0 aliphatic carbocycles. The van der Waals surface area contributed by atoms with Crippen LogP contribution in [0.15, 0.2) is 109 Å². The van der Waals surface area contributed by atoms with E-state index in [1.807, 2.05) is 6.92 Å². The molecule has 42 heavy (non-hydrogen) atoms. The van der Waals surface area contributed by atoms with Gasteiger partial charge in [-0.15, -0.1) is 0 Å². The molecule has 9 nitrogen and oxygen atoms in total. The van der Waals surface area contributed by atoms with Gasteiger partial charge in [-0.1, -0.05) is 54.6 Å². The lowest BCUT2D eigenvalue weighted by molar-refractivity contribution is -0.121. The number of aromatic carboxylic acids is 1. The van der Waals surface area contributed by atoms with E-state index in [2.05, 4.69) is 0 Å². The van der Waals surface area contributed by atoms with Crippen molar-refractivity contribution in [2.45, 2.75) is 13.5 Å². The Bertz CT molecular complexity index is 1600. The van der Waals surface area contributed by atoms with E-state index in [1.54, 1.807) is 91.0 Å². The van der Waals surface area contributed by atoms with Crippen LogP contribution in [0.3, 0.4) is 0 Å². The van der Waals surface area contributed by atoms with Crippen LogP contribution in [0.1, 0.15) is 28.4 Å². The molecule has 1 aliphatic heterocycles. The summed E-state index contributed by atoms with van der Waals surface area (Å²) in [5.41, 5.74) is 1.90. The lowest BCUT2D eigenvalue weighted by Gasteiger charge is -2.33. The minimum Gasteiger partial charge on any atom is -0.490 e. The van der Waals surface area contributed by atoms with Crippen LogP contribution in [0, 0.1) is 0 Å². The average molecular weight is 563 g/mol. The first-order chi connectivity index (χ1) is 20.4. The fourth-order valence-corrected chi connectivity index (χ4v) is 4.41. The number of hydrogen-bond acceptors (Lipinski definition) is 6. The number of amides is 4. The summed E-state index contributed by atoms with van der Waals surface area (Å²) in [6, 6.07) is 27.4. The van der Waals surface area contributed by atoms with E-state index >= 15 is 0 Å². The fraction of sp³-hybridized carbons (Fsp3) is 0.0909. The van der Waals surface area contributed by atoms with Gasteiger partial charge < -0.3 is 14.6 Å². The Labute approximate surface area is 241 Å². The largest absolute Gasteiger partial charge is 0.490 e. The number of para-hydroxylation sites is 2. The number of carboxylic acid groups (broad SMARTS) is 1. The molecule has 0 radical (unpaired) electrons. The first-order valence-electron chi connectivity index (χ1n) is 13.1. The maximum absolute atomic E-state index is 13.6. The average Bonchev–Trinajstić information content (AvgIpc) is 3.00. The second kappa shape index (κ2) is 12.2. The number of hydrogen-bond donors (Lipinski definition) is 1. The number of carbonyl (C=O) groups excluding carboxylic acids is 3. The molecule has 1 aliphatic rings. The molecule has 0 atom stereocenters. The highest BCUT2D eigenvalue weighted by Gasteiger charge is 2.43. The van der Waals surface area contributed by atoms with Crippen molar-refractivity contribution in [3.05, 3.63) is 125 Å². The van der Waals surface area contributed by atoms with Crippen molar-refractivity contribution in [3.63, 3.8) is 0 Å². The number of carboxylic acids is 1. The van der Waals surface area contributed by atoms with Gasteiger partial charge in [0, 0.05) is 0 Å². The summed E-state index contributed by atoms with van der Waals surface area (Å²) in [4.78, 5) is 53.8. The first-order valence-corrected chi connectivity index (χ1v) is 13.1. The van der Waals surface area contributed by atoms with Crippen molar-refractivity contribution in [1.29, 1.82) is 0 Å². The monoisotopic (exact) mass is 562 g/mol. The van der Waals surface area contributed by atoms with Gasteiger partial charge in [0.15, 0.2) is 11.5 Å². The Morgan fingerprint density at radius 2 is 1.31 bits per heavy atom. The second-order valence-corrected chi connectivity index (χ2v) is 9.22. The lowest BCUT2D eigenvalue weighted by Crippen LogP contribution is -2.57. The molecule has 1 fully saturated rings. The molecular formula is C33H26N2O7. The van der Waals surface area contributed by atoms with E-state index in [0.717, 1.165) is 15.4 Å². The van der Waals surface area contributed by atoms with Crippen LogP contribution >= 0.6 is 0 Å². The number of nitrogens with zero attached hydrogens (tertiary/aromatic N) is 2. The van der Waals surface area contributed by atoms with E-state index in [0.29, 0.717) is 35.0 Å². The van der Waals surface area contributed by atoms with Crippen molar-refractivity contribution in [2.75, 3.05) is 16.4 Å². The topological polar surface area (TPSA) is 113 Å². The molecule has 0 spiro atoms. The van der Waals surface area contributed by atoms with E-state index in [9.17, 15) is 19.2 Å². The molecule has 9 heteroatoms. The number of carbonyl (C=O) groups is 4. The smallest absolute Gasteiger partial charge is 0.343 e. The van der Waals surface area contributed by atoms with Crippen LogP contribution in [0.2, 0.25) is 0 Å². The minimum absolute atomic E-state index is 0.164. The molecule has 210 valence electrons. The Kier molecular flexibility index (Phi) is 8.10. The molecule has 0 bridgehead atoms. The van der Waals surface area contributed by atoms with Gasteiger partial charge in [0.1, 0.15) is 12.2 Å². The highest BCUT2D eigenvalue weighted by atomic mass is 16.5. The van der Waals surface area contributed by atoms with Gasteiger partial charge >= 0.3 is 12.0 Å². The predicted molar refractivity (Wildman–Crippen MR) is 157 cm³/mol. The van der Waals surface area contributed by atoms with E-state index in [1.165, 1.54) is 18.2 Å². The molecule has 5 rings (SSSR count).